The third kappa shape index (κ3) is 1.98. The van der Waals surface area contributed by atoms with Gasteiger partial charge in [-0.3, -0.25) is 0 Å². The van der Waals surface area contributed by atoms with Gasteiger partial charge < -0.3 is 9.52 Å². The first kappa shape index (κ1) is 11.9. The summed E-state index contributed by atoms with van der Waals surface area (Å²) in [7, 11) is 0. The smallest absolute Gasteiger partial charge is 0.354 e. The summed E-state index contributed by atoms with van der Waals surface area (Å²) in [6, 6.07) is 8.40. The minimum atomic E-state index is -0.687. The van der Waals surface area contributed by atoms with E-state index in [1.165, 1.54) is 6.07 Å². The first-order valence-corrected chi connectivity index (χ1v) is 5.37. The van der Waals surface area contributed by atoms with Crippen LogP contribution >= 0.6 is 0 Å². The molecule has 0 aliphatic heterocycles. The Bertz CT molecular complexity index is 708. The van der Waals surface area contributed by atoms with Crippen LogP contribution < -0.4 is 5.63 Å². The maximum absolute atomic E-state index is 11.6. The summed E-state index contributed by atoms with van der Waals surface area (Å²) in [6.45, 7) is 3.53. The summed E-state index contributed by atoms with van der Waals surface area (Å²) in [5, 5.41) is 18.6. The predicted octanol–water partition coefficient (Wildman–Crippen LogP) is 2.50. The van der Waals surface area contributed by atoms with Crippen LogP contribution in [0, 0.1) is 25.2 Å². The Hall–Kier alpha value is -2.54. The third-order valence-electron chi connectivity index (χ3n) is 2.68. The minimum absolute atomic E-state index is 0.00843. The second-order valence-electron chi connectivity index (χ2n) is 4.09. The molecule has 18 heavy (non-hydrogen) atoms. The zero-order valence-corrected chi connectivity index (χ0v) is 10.0. The van der Waals surface area contributed by atoms with E-state index in [9.17, 15) is 9.90 Å². The van der Waals surface area contributed by atoms with Crippen molar-refractivity contribution in [1.29, 1.82) is 5.26 Å². The van der Waals surface area contributed by atoms with Crippen molar-refractivity contribution in [3.05, 3.63) is 51.4 Å². The molecular weight excluding hydrogens is 230 g/mol. The summed E-state index contributed by atoms with van der Waals surface area (Å²) < 4.78 is 5.06. The highest BCUT2D eigenvalue weighted by molar-refractivity contribution is 5.67. The lowest BCUT2D eigenvalue weighted by molar-refractivity contribution is 0.469. The third-order valence-corrected chi connectivity index (χ3v) is 2.68. The van der Waals surface area contributed by atoms with E-state index < -0.39 is 5.63 Å². The number of aromatic hydroxyl groups is 1. The SMILES string of the molecule is Cc1ccc(O)c(-c2cc(C)c(C#N)c(=O)o2)c1. The number of rotatable bonds is 1. The molecule has 0 saturated carbocycles. The molecule has 0 fully saturated rings. The normalized spacial score (nSPS) is 10.1. The van der Waals surface area contributed by atoms with Crippen LogP contribution in [0.1, 0.15) is 16.7 Å². The van der Waals surface area contributed by atoms with Crippen molar-refractivity contribution in [2.45, 2.75) is 13.8 Å². The highest BCUT2D eigenvalue weighted by Gasteiger charge is 2.12. The van der Waals surface area contributed by atoms with E-state index in [0.717, 1.165) is 5.56 Å². The number of aryl methyl sites for hydroxylation is 2. The summed E-state index contributed by atoms with van der Waals surface area (Å²) >= 11 is 0. The Morgan fingerprint density at radius 1 is 1.28 bits per heavy atom. The van der Waals surface area contributed by atoms with Crippen LogP contribution in [0.15, 0.2) is 33.5 Å². The van der Waals surface area contributed by atoms with E-state index in [0.29, 0.717) is 11.1 Å². The maximum atomic E-state index is 11.6. The molecular formula is C14H11NO3. The van der Waals surface area contributed by atoms with E-state index >= 15 is 0 Å². The lowest BCUT2D eigenvalue weighted by atomic mass is 10.1. The number of phenols is 1. The Kier molecular flexibility index (Phi) is 2.90. The molecule has 0 aliphatic carbocycles. The van der Waals surface area contributed by atoms with Crippen molar-refractivity contribution >= 4 is 0 Å². The molecule has 0 amide bonds. The fourth-order valence-corrected chi connectivity index (χ4v) is 1.72. The van der Waals surface area contributed by atoms with Crippen LogP contribution in [0.25, 0.3) is 11.3 Å². The van der Waals surface area contributed by atoms with Crippen LogP contribution in [0.2, 0.25) is 0 Å². The van der Waals surface area contributed by atoms with Crippen molar-refractivity contribution in [1.82, 2.24) is 0 Å². The first-order chi connectivity index (χ1) is 8.52. The van der Waals surface area contributed by atoms with Gasteiger partial charge in [0.2, 0.25) is 0 Å². The van der Waals surface area contributed by atoms with E-state index in [4.69, 9.17) is 9.68 Å². The van der Waals surface area contributed by atoms with E-state index in [2.05, 4.69) is 0 Å². The average Bonchev–Trinajstić information content (AvgIpc) is 2.32. The van der Waals surface area contributed by atoms with E-state index in [1.54, 1.807) is 31.2 Å². The molecule has 2 rings (SSSR count). The zero-order valence-electron chi connectivity index (χ0n) is 10.0. The molecule has 1 aromatic carbocycles. The number of hydrogen-bond acceptors (Lipinski definition) is 4. The van der Waals surface area contributed by atoms with Gasteiger partial charge >= 0.3 is 5.63 Å². The molecule has 4 heteroatoms. The molecule has 0 spiro atoms. The predicted molar refractivity (Wildman–Crippen MR) is 66.3 cm³/mol. The van der Waals surface area contributed by atoms with Gasteiger partial charge in [0.25, 0.3) is 0 Å². The Morgan fingerprint density at radius 2 is 2.00 bits per heavy atom. The quantitative estimate of drug-likeness (QED) is 0.832. The summed E-state index contributed by atoms with van der Waals surface area (Å²) in [5.74, 6) is 0.297. The highest BCUT2D eigenvalue weighted by atomic mass is 16.4. The molecule has 2 aromatic rings. The maximum Gasteiger partial charge on any atom is 0.354 e. The topological polar surface area (TPSA) is 74.2 Å². The summed E-state index contributed by atoms with van der Waals surface area (Å²) in [5.41, 5.74) is 1.22. The molecule has 1 N–H and O–H groups in total. The lowest BCUT2D eigenvalue weighted by Crippen LogP contribution is -2.06. The molecule has 0 atom stereocenters. The van der Waals surface area contributed by atoms with Gasteiger partial charge in [0.15, 0.2) is 0 Å². The van der Waals surface area contributed by atoms with Crippen LogP contribution in [0.3, 0.4) is 0 Å². The summed E-state index contributed by atoms with van der Waals surface area (Å²) in [6.07, 6.45) is 0. The standard InChI is InChI=1S/C14H11NO3/c1-8-3-4-12(16)10(5-8)13-6-9(2)11(7-15)14(17)18-13/h3-6,16H,1-2H3. The van der Waals surface area contributed by atoms with Crippen LogP contribution in [0.5, 0.6) is 5.75 Å². The van der Waals surface area contributed by atoms with Crippen molar-refractivity contribution in [3.63, 3.8) is 0 Å². The van der Waals surface area contributed by atoms with Gasteiger partial charge in [-0.2, -0.15) is 5.26 Å². The largest absolute Gasteiger partial charge is 0.507 e. The second-order valence-corrected chi connectivity index (χ2v) is 4.09. The highest BCUT2D eigenvalue weighted by Crippen LogP contribution is 2.29. The molecule has 90 valence electrons. The number of phenolic OH excluding ortho intramolecular Hbond substituents is 1. The molecule has 0 aliphatic rings. The number of hydrogen-bond donors (Lipinski definition) is 1. The molecule has 4 nitrogen and oxygen atoms in total. The number of nitrogens with zero attached hydrogens (tertiary/aromatic N) is 1. The van der Waals surface area contributed by atoms with Gasteiger partial charge in [-0.1, -0.05) is 11.6 Å². The number of benzene rings is 1. The Morgan fingerprint density at radius 3 is 2.61 bits per heavy atom. The Balaban J connectivity index is 2.70. The fourth-order valence-electron chi connectivity index (χ4n) is 1.72. The fraction of sp³-hybridized carbons (Fsp3) is 0.143. The van der Waals surface area contributed by atoms with Gasteiger partial charge in [-0.15, -0.1) is 0 Å². The van der Waals surface area contributed by atoms with E-state index in [1.807, 2.05) is 6.92 Å². The summed E-state index contributed by atoms with van der Waals surface area (Å²) in [4.78, 5) is 11.6. The number of nitriles is 1. The minimum Gasteiger partial charge on any atom is -0.507 e. The van der Waals surface area contributed by atoms with Gasteiger partial charge in [-0.25, -0.2) is 4.79 Å². The molecule has 0 saturated heterocycles. The average molecular weight is 241 g/mol. The molecule has 1 aromatic heterocycles. The van der Waals surface area contributed by atoms with Crippen LogP contribution in [-0.2, 0) is 0 Å². The van der Waals surface area contributed by atoms with Gasteiger partial charge in [0, 0.05) is 0 Å². The second kappa shape index (κ2) is 4.38. The van der Waals surface area contributed by atoms with Gasteiger partial charge in [0.05, 0.1) is 5.56 Å². The van der Waals surface area contributed by atoms with Crippen molar-refractivity contribution in [3.8, 4) is 23.1 Å². The van der Waals surface area contributed by atoms with Crippen LogP contribution in [-0.4, -0.2) is 5.11 Å². The first-order valence-electron chi connectivity index (χ1n) is 5.37. The van der Waals surface area contributed by atoms with Crippen molar-refractivity contribution in [2.75, 3.05) is 0 Å². The van der Waals surface area contributed by atoms with E-state index in [-0.39, 0.29) is 17.1 Å². The molecule has 1 heterocycles. The molecule has 0 unspecified atom stereocenters. The molecule has 0 bridgehead atoms. The monoisotopic (exact) mass is 241 g/mol. The van der Waals surface area contributed by atoms with Gasteiger partial charge in [-0.05, 0) is 37.6 Å². The van der Waals surface area contributed by atoms with Crippen LogP contribution in [0.4, 0.5) is 0 Å². The lowest BCUT2D eigenvalue weighted by Gasteiger charge is -2.06. The Labute approximate surface area is 104 Å². The van der Waals surface area contributed by atoms with Crippen molar-refractivity contribution in [2.24, 2.45) is 0 Å². The van der Waals surface area contributed by atoms with Crippen molar-refractivity contribution < 1.29 is 9.52 Å². The van der Waals surface area contributed by atoms with Gasteiger partial charge in [0.1, 0.15) is 23.1 Å². The molecule has 0 radical (unpaired) electrons. The zero-order chi connectivity index (χ0) is 13.3.